The molecule has 0 aliphatic heterocycles. The molecule has 0 aliphatic carbocycles. The van der Waals surface area contributed by atoms with Crippen LogP contribution in [0.4, 0.5) is 0 Å². The van der Waals surface area contributed by atoms with Crippen molar-refractivity contribution in [3.63, 3.8) is 0 Å². The van der Waals surface area contributed by atoms with Gasteiger partial charge in [0, 0.05) is 0 Å². The largest absolute Gasteiger partial charge is 0.496 e. The van der Waals surface area contributed by atoms with Gasteiger partial charge in [-0.2, -0.15) is 0 Å². The second-order valence-electron chi connectivity index (χ2n) is 6.01. The molecule has 0 amide bonds. The molecule has 0 bridgehead atoms. The lowest BCUT2D eigenvalue weighted by Gasteiger charge is -2.19. The summed E-state index contributed by atoms with van der Waals surface area (Å²) in [7, 11) is 1.71. The lowest BCUT2D eigenvalue weighted by atomic mass is 9.86. The topological polar surface area (TPSA) is 9.23 Å². The van der Waals surface area contributed by atoms with E-state index in [1.165, 1.54) is 22.3 Å². The van der Waals surface area contributed by atoms with E-state index in [-0.39, 0.29) is 5.41 Å². The molecule has 19 heavy (non-hydrogen) atoms. The minimum Gasteiger partial charge on any atom is -0.496 e. The highest BCUT2D eigenvalue weighted by Crippen LogP contribution is 2.28. The quantitative estimate of drug-likeness (QED) is 0.735. The van der Waals surface area contributed by atoms with Crippen LogP contribution in [-0.4, -0.2) is 7.11 Å². The molecule has 0 N–H and O–H groups in total. The van der Waals surface area contributed by atoms with Gasteiger partial charge in [0.05, 0.1) is 7.11 Å². The third-order valence-corrected chi connectivity index (χ3v) is 3.48. The molecule has 0 saturated carbocycles. The van der Waals surface area contributed by atoms with Crippen molar-refractivity contribution in [3.05, 3.63) is 53.6 Å². The molecule has 2 rings (SSSR count). The van der Waals surface area contributed by atoms with Crippen molar-refractivity contribution in [2.24, 2.45) is 0 Å². The minimum absolute atomic E-state index is 0.203. The lowest BCUT2D eigenvalue weighted by Crippen LogP contribution is -2.10. The van der Waals surface area contributed by atoms with Crippen LogP contribution in [0.1, 0.15) is 31.9 Å². The Hall–Kier alpha value is -1.76. The second kappa shape index (κ2) is 5.08. The summed E-state index contributed by atoms with van der Waals surface area (Å²) in [5, 5.41) is 0. The molecule has 0 atom stereocenters. The average Bonchev–Trinajstić information content (AvgIpc) is 2.38. The number of methoxy groups -OCH3 is 1. The van der Waals surface area contributed by atoms with E-state index in [1.807, 2.05) is 6.07 Å². The molecule has 0 saturated heterocycles. The van der Waals surface area contributed by atoms with Gasteiger partial charge in [-0.3, -0.25) is 0 Å². The van der Waals surface area contributed by atoms with Gasteiger partial charge in [-0.1, -0.05) is 51.1 Å². The standard InChI is InChI=1S/C18H22O/c1-13-12-15(8-11-17(13)19-5)14-6-9-16(10-7-14)18(2,3)4/h6-12H,1-5H3. The van der Waals surface area contributed by atoms with Crippen molar-refractivity contribution < 1.29 is 4.74 Å². The maximum absolute atomic E-state index is 5.30. The maximum atomic E-state index is 5.30. The lowest BCUT2D eigenvalue weighted by molar-refractivity contribution is 0.412. The fourth-order valence-electron chi connectivity index (χ4n) is 2.22. The molecule has 0 radical (unpaired) electrons. The van der Waals surface area contributed by atoms with E-state index >= 15 is 0 Å². The summed E-state index contributed by atoms with van der Waals surface area (Å²) in [6.45, 7) is 8.78. The zero-order valence-corrected chi connectivity index (χ0v) is 12.4. The summed E-state index contributed by atoms with van der Waals surface area (Å²) in [5.41, 5.74) is 5.22. The Kier molecular flexibility index (Phi) is 3.66. The maximum Gasteiger partial charge on any atom is 0.121 e. The van der Waals surface area contributed by atoms with Crippen molar-refractivity contribution in [1.29, 1.82) is 0 Å². The summed E-state index contributed by atoms with van der Waals surface area (Å²) in [5.74, 6) is 0.940. The van der Waals surface area contributed by atoms with Gasteiger partial charge < -0.3 is 4.74 Å². The molecule has 1 nitrogen and oxygen atoms in total. The molecule has 0 aliphatic rings. The Morgan fingerprint density at radius 3 is 1.89 bits per heavy atom. The number of rotatable bonds is 2. The molecule has 1 heteroatoms. The predicted octanol–water partition coefficient (Wildman–Crippen LogP) is 4.97. The van der Waals surface area contributed by atoms with E-state index in [0.29, 0.717) is 0 Å². The predicted molar refractivity (Wildman–Crippen MR) is 81.9 cm³/mol. The molecule has 0 heterocycles. The van der Waals surface area contributed by atoms with Gasteiger partial charge in [-0.15, -0.1) is 0 Å². The van der Waals surface area contributed by atoms with Crippen LogP contribution in [0.15, 0.2) is 42.5 Å². The third-order valence-electron chi connectivity index (χ3n) is 3.48. The number of ether oxygens (including phenoxy) is 1. The Morgan fingerprint density at radius 2 is 1.42 bits per heavy atom. The second-order valence-corrected chi connectivity index (χ2v) is 6.01. The van der Waals surface area contributed by atoms with Gasteiger partial charge in [0.15, 0.2) is 0 Å². The van der Waals surface area contributed by atoms with Gasteiger partial charge >= 0.3 is 0 Å². The molecule has 0 unspecified atom stereocenters. The summed E-state index contributed by atoms with van der Waals surface area (Å²) in [4.78, 5) is 0. The van der Waals surface area contributed by atoms with Crippen LogP contribution in [0, 0.1) is 6.92 Å². The number of aryl methyl sites for hydroxylation is 1. The SMILES string of the molecule is COc1ccc(-c2ccc(C(C)(C)C)cc2)cc1C. The van der Waals surface area contributed by atoms with Crippen molar-refractivity contribution in [2.45, 2.75) is 33.1 Å². The normalized spacial score (nSPS) is 11.4. The van der Waals surface area contributed by atoms with E-state index in [1.54, 1.807) is 7.11 Å². The fourth-order valence-corrected chi connectivity index (χ4v) is 2.22. The van der Waals surface area contributed by atoms with Crippen molar-refractivity contribution in [2.75, 3.05) is 7.11 Å². The number of benzene rings is 2. The Morgan fingerprint density at radius 1 is 0.842 bits per heavy atom. The van der Waals surface area contributed by atoms with Gasteiger partial charge in [0.25, 0.3) is 0 Å². The summed E-state index contributed by atoms with van der Waals surface area (Å²) >= 11 is 0. The van der Waals surface area contributed by atoms with Crippen LogP contribution in [0.25, 0.3) is 11.1 Å². The van der Waals surface area contributed by atoms with Gasteiger partial charge in [0.1, 0.15) is 5.75 Å². The average molecular weight is 254 g/mol. The van der Waals surface area contributed by atoms with Crippen LogP contribution in [-0.2, 0) is 5.41 Å². The third kappa shape index (κ3) is 2.98. The van der Waals surface area contributed by atoms with Gasteiger partial charge in [0.2, 0.25) is 0 Å². The Labute approximate surface area is 116 Å². The molecular formula is C18H22O. The molecule has 0 aromatic heterocycles. The van der Waals surface area contributed by atoms with Crippen LogP contribution in [0.3, 0.4) is 0 Å². The minimum atomic E-state index is 0.203. The van der Waals surface area contributed by atoms with Crippen LogP contribution >= 0.6 is 0 Å². The smallest absolute Gasteiger partial charge is 0.121 e. The zero-order chi connectivity index (χ0) is 14.0. The summed E-state index contributed by atoms with van der Waals surface area (Å²) in [6, 6.07) is 15.1. The van der Waals surface area contributed by atoms with Crippen molar-refractivity contribution >= 4 is 0 Å². The van der Waals surface area contributed by atoms with E-state index in [2.05, 4.69) is 64.1 Å². The van der Waals surface area contributed by atoms with Gasteiger partial charge in [-0.05, 0) is 46.7 Å². The van der Waals surface area contributed by atoms with Gasteiger partial charge in [-0.25, -0.2) is 0 Å². The first-order valence-electron chi connectivity index (χ1n) is 6.67. The van der Waals surface area contributed by atoms with Crippen LogP contribution in [0.5, 0.6) is 5.75 Å². The first-order valence-corrected chi connectivity index (χ1v) is 6.67. The monoisotopic (exact) mass is 254 g/mol. The van der Waals surface area contributed by atoms with E-state index in [0.717, 1.165) is 5.75 Å². The first-order chi connectivity index (χ1) is 8.91. The zero-order valence-electron chi connectivity index (χ0n) is 12.4. The van der Waals surface area contributed by atoms with E-state index < -0.39 is 0 Å². The number of hydrogen-bond donors (Lipinski definition) is 0. The molecular weight excluding hydrogens is 232 g/mol. The van der Waals surface area contributed by atoms with E-state index in [4.69, 9.17) is 4.74 Å². The molecule has 0 spiro atoms. The van der Waals surface area contributed by atoms with Crippen molar-refractivity contribution in [1.82, 2.24) is 0 Å². The highest BCUT2D eigenvalue weighted by Gasteiger charge is 2.13. The molecule has 100 valence electrons. The summed E-state index contributed by atoms with van der Waals surface area (Å²) in [6.07, 6.45) is 0. The van der Waals surface area contributed by atoms with Crippen molar-refractivity contribution in [3.8, 4) is 16.9 Å². The molecule has 0 fully saturated rings. The van der Waals surface area contributed by atoms with Crippen LogP contribution < -0.4 is 4.74 Å². The highest BCUT2D eigenvalue weighted by atomic mass is 16.5. The Balaban J connectivity index is 2.35. The van der Waals surface area contributed by atoms with Crippen LogP contribution in [0.2, 0.25) is 0 Å². The molecule has 2 aromatic rings. The fraction of sp³-hybridized carbons (Fsp3) is 0.333. The Bertz CT molecular complexity index is 559. The highest BCUT2D eigenvalue weighted by molar-refractivity contribution is 5.66. The summed E-state index contributed by atoms with van der Waals surface area (Å²) < 4.78 is 5.30. The number of hydrogen-bond acceptors (Lipinski definition) is 1. The van der Waals surface area contributed by atoms with E-state index in [9.17, 15) is 0 Å². The first kappa shape index (κ1) is 13.7. The molecule has 2 aromatic carbocycles.